The van der Waals surface area contributed by atoms with E-state index in [0.717, 1.165) is 33.3 Å². The maximum atomic E-state index is 5.97. The van der Waals surface area contributed by atoms with E-state index in [9.17, 15) is 0 Å². The minimum Gasteiger partial charge on any atom is -0.276 e. The molecule has 1 aliphatic rings. The first-order valence-corrected chi connectivity index (χ1v) is 8.44. The molecule has 2 aromatic carbocycles. The van der Waals surface area contributed by atoms with Gasteiger partial charge < -0.3 is 0 Å². The van der Waals surface area contributed by atoms with Crippen LogP contribution >= 0.6 is 23.4 Å². The lowest BCUT2D eigenvalue weighted by molar-refractivity contribution is 0.976. The third-order valence-electron chi connectivity index (χ3n) is 3.52. The van der Waals surface area contributed by atoms with E-state index in [0.29, 0.717) is 0 Å². The van der Waals surface area contributed by atoms with Crippen LogP contribution in [0.5, 0.6) is 0 Å². The molecule has 0 radical (unpaired) electrons. The van der Waals surface area contributed by atoms with Crippen molar-refractivity contribution in [3.63, 3.8) is 0 Å². The van der Waals surface area contributed by atoms with Gasteiger partial charge in [0.25, 0.3) is 0 Å². The predicted octanol–water partition coefficient (Wildman–Crippen LogP) is 5.43. The summed E-state index contributed by atoms with van der Waals surface area (Å²) in [6, 6.07) is 16.3. The Balaban J connectivity index is 1.89. The Morgan fingerprint density at radius 1 is 1.00 bits per heavy atom. The third kappa shape index (κ3) is 3.21. The molecule has 4 heteroatoms. The molecule has 2 nitrogen and oxygen atoms in total. The minimum atomic E-state index is 0.745. The van der Waals surface area contributed by atoms with E-state index < -0.39 is 0 Å². The van der Waals surface area contributed by atoms with Gasteiger partial charge in [-0.1, -0.05) is 72.2 Å². The van der Waals surface area contributed by atoms with Crippen LogP contribution in [-0.2, 0) is 0 Å². The zero-order chi connectivity index (χ0) is 15.5. The van der Waals surface area contributed by atoms with Gasteiger partial charge in [-0.2, -0.15) is 5.10 Å². The van der Waals surface area contributed by atoms with Gasteiger partial charge in [0.2, 0.25) is 0 Å². The first kappa shape index (κ1) is 15.2. The zero-order valence-electron chi connectivity index (χ0n) is 12.6. The largest absolute Gasteiger partial charge is 0.276 e. The molecule has 3 rings (SSSR count). The fourth-order valence-electron chi connectivity index (χ4n) is 2.27. The summed E-state index contributed by atoms with van der Waals surface area (Å²) < 4.78 is 0. The molecule has 1 N–H and O–H groups in total. The third-order valence-corrected chi connectivity index (χ3v) is 5.03. The van der Waals surface area contributed by atoms with Gasteiger partial charge >= 0.3 is 0 Å². The molecule has 1 aliphatic heterocycles. The number of hydrogen-bond acceptors (Lipinski definition) is 3. The second kappa shape index (κ2) is 6.59. The van der Waals surface area contributed by atoms with E-state index in [1.807, 2.05) is 24.3 Å². The summed E-state index contributed by atoms with van der Waals surface area (Å²) in [6.07, 6.45) is 0.959. The van der Waals surface area contributed by atoms with Gasteiger partial charge in [0, 0.05) is 21.1 Å². The maximum absolute atomic E-state index is 5.97. The summed E-state index contributed by atoms with van der Waals surface area (Å²) in [5.74, 6) is 0. The lowest BCUT2D eigenvalue weighted by Crippen LogP contribution is -2.15. The summed E-state index contributed by atoms with van der Waals surface area (Å²) in [5.41, 5.74) is 7.80. The molecule has 2 aromatic rings. The van der Waals surface area contributed by atoms with Gasteiger partial charge in [0.1, 0.15) is 5.04 Å². The molecule has 1 heterocycles. The SMILES string of the molecule is CCC1=C(c2ccc(Cl)cc2)NN=C(c2ccc(C)cc2)S1. The Morgan fingerprint density at radius 2 is 1.64 bits per heavy atom. The second-order valence-corrected chi connectivity index (χ2v) is 6.68. The highest BCUT2D eigenvalue weighted by Gasteiger charge is 2.18. The zero-order valence-corrected chi connectivity index (χ0v) is 14.1. The highest BCUT2D eigenvalue weighted by Crippen LogP contribution is 2.34. The van der Waals surface area contributed by atoms with Crippen LogP contribution in [0, 0.1) is 6.92 Å². The molecule has 0 aromatic heterocycles. The number of thioether (sulfide) groups is 1. The number of rotatable bonds is 3. The van der Waals surface area contributed by atoms with Crippen molar-refractivity contribution >= 4 is 34.1 Å². The van der Waals surface area contributed by atoms with Crippen LogP contribution in [0.25, 0.3) is 5.70 Å². The summed E-state index contributed by atoms with van der Waals surface area (Å²) in [5, 5.41) is 6.30. The summed E-state index contributed by atoms with van der Waals surface area (Å²) in [4.78, 5) is 1.29. The lowest BCUT2D eigenvalue weighted by atomic mass is 10.1. The van der Waals surface area contributed by atoms with E-state index in [2.05, 4.69) is 48.6 Å². The molecule has 22 heavy (non-hydrogen) atoms. The van der Waals surface area contributed by atoms with Crippen molar-refractivity contribution in [2.75, 3.05) is 0 Å². The van der Waals surface area contributed by atoms with Crippen molar-refractivity contribution < 1.29 is 0 Å². The van der Waals surface area contributed by atoms with Crippen molar-refractivity contribution in [1.82, 2.24) is 5.43 Å². The van der Waals surface area contributed by atoms with Crippen LogP contribution in [0.4, 0.5) is 0 Å². The molecular formula is C18H17ClN2S. The number of hydrogen-bond donors (Lipinski definition) is 1. The van der Waals surface area contributed by atoms with E-state index in [4.69, 9.17) is 11.6 Å². The molecular weight excluding hydrogens is 312 g/mol. The normalized spacial score (nSPS) is 14.6. The number of halogens is 1. The molecule has 0 fully saturated rings. The van der Waals surface area contributed by atoms with Crippen LogP contribution in [-0.4, -0.2) is 5.04 Å². The topological polar surface area (TPSA) is 24.4 Å². The fourth-order valence-corrected chi connectivity index (χ4v) is 3.38. The number of nitrogens with one attached hydrogen (secondary N) is 1. The average molecular weight is 329 g/mol. The number of nitrogens with zero attached hydrogens (tertiary/aromatic N) is 1. The number of aryl methyl sites for hydroxylation is 1. The monoisotopic (exact) mass is 328 g/mol. The fraction of sp³-hybridized carbons (Fsp3) is 0.167. The molecule has 0 atom stereocenters. The first-order valence-electron chi connectivity index (χ1n) is 7.25. The number of hydrazone groups is 1. The van der Waals surface area contributed by atoms with Gasteiger partial charge in [-0.15, -0.1) is 0 Å². The number of allylic oxidation sites excluding steroid dienone is 1. The van der Waals surface area contributed by atoms with E-state index in [1.54, 1.807) is 11.8 Å². The summed E-state index contributed by atoms with van der Waals surface area (Å²) >= 11 is 7.70. The van der Waals surface area contributed by atoms with Crippen molar-refractivity contribution in [3.8, 4) is 0 Å². The van der Waals surface area contributed by atoms with Crippen LogP contribution in [0.3, 0.4) is 0 Å². The van der Waals surface area contributed by atoms with Gasteiger partial charge in [-0.3, -0.25) is 5.43 Å². The number of benzene rings is 2. The smallest absolute Gasteiger partial charge is 0.128 e. The molecule has 0 saturated heterocycles. The van der Waals surface area contributed by atoms with Crippen LogP contribution < -0.4 is 5.43 Å². The molecule has 0 spiro atoms. The van der Waals surface area contributed by atoms with E-state index >= 15 is 0 Å². The lowest BCUT2D eigenvalue weighted by Gasteiger charge is -2.20. The molecule has 0 unspecified atom stereocenters. The van der Waals surface area contributed by atoms with Gasteiger partial charge in [-0.25, -0.2) is 0 Å². The van der Waals surface area contributed by atoms with E-state index in [1.165, 1.54) is 10.5 Å². The van der Waals surface area contributed by atoms with Crippen molar-refractivity contribution in [2.45, 2.75) is 20.3 Å². The standard InChI is InChI=1S/C18H17ClN2S/c1-3-16-17(13-8-10-15(19)11-9-13)20-21-18(22-16)14-6-4-12(2)5-7-14/h4-11,20H,3H2,1-2H3. The van der Waals surface area contributed by atoms with Gasteiger partial charge in [-0.05, 0) is 25.5 Å². The Morgan fingerprint density at radius 3 is 2.27 bits per heavy atom. The molecule has 0 amide bonds. The molecule has 0 aliphatic carbocycles. The molecule has 0 saturated carbocycles. The van der Waals surface area contributed by atoms with Crippen LogP contribution in [0.15, 0.2) is 58.5 Å². The van der Waals surface area contributed by atoms with E-state index in [-0.39, 0.29) is 0 Å². The maximum Gasteiger partial charge on any atom is 0.128 e. The van der Waals surface area contributed by atoms with Gasteiger partial charge in [0.05, 0.1) is 5.70 Å². The van der Waals surface area contributed by atoms with Crippen molar-refractivity contribution in [1.29, 1.82) is 0 Å². The Labute approximate surface area is 140 Å². The molecule has 0 bridgehead atoms. The first-order chi connectivity index (χ1) is 10.7. The Kier molecular flexibility index (Phi) is 4.55. The molecule has 112 valence electrons. The summed E-state index contributed by atoms with van der Waals surface area (Å²) in [6.45, 7) is 4.26. The second-order valence-electron chi connectivity index (χ2n) is 5.16. The Bertz CT molecular complexity index is 731. The van der Waals surface area contributed by atoms with Gasteiger partial charge in [0.15, 0.2) is 0 Å². The minimum absolute atomic E-state index is 0.745. The summed E-state index contributed by atoms with van der Waals surface area (Å²) in [7, 11) is 0. The predicted molar refractivity (Wildman–Crippen MR) is 97.1 cm³/mol. The highest BCUT2D eigenvalue weighted by molar-refractivity contribution is 8.17. The van der Waals surface area contributed by atoms with Crippen LogP contribution in [0.1, 0.15) is 30.0 Å². The quantitative estimate of drug-likeness (QED) is 0.813. The Hall–Kier alpha value is -1.71. The van der Waals surface area contributed by atoms with Crippen LogP contribution in [0.2, 0.25) is 5.02 Å². The van der Waals surface area contributed by atoms with Crippen molar-refractivity contribution in [2.24, 2.45) is 5.10 Å². The average Bonchev–Trinajstić information content (AvgIpc) is 2.56. The highest BCUT2D eigenvalue weighted by atomic mass is 35.5. The van der Waals surface area contributed by atoms with Crippen molar-refractivity contribution in [3.05, 3.63) is 75.1 Å².